The second-order valence-electron chi connectivity index (χ2n) is 5.01. The first-order chi connectivity index (χ1) is 10.6. The van der Waals surface area contributed by atoms with E-state index in [2.05, 4.69) is 8.75 Å². The number of hydrogen-bond donors (Lipinski definition) is 0. The van der Waals surface area contributed by atoms with Gasteiger partial charge in [0.05, 0.1) is 18.3 Å². The van der Waals surface area contributed by atoms with Crippen molar-refractivity contribution in [2.75, 3.05) is 31.8 Å². The Morgan fingerprint density at radius 3 is 3.00 bits per heavy atom. The molecular formula is C13H17N3O3S3. The molecule has 0 radical (unpaired) electrons. The molecule has 1 aromatic heterocycles. The number of hydrogen-bond acceptors (Lipinski definition) is 7. The summed E-state index contributed by atoms with van der Waals surface area (Å²) in [6.07, 6.45) is 0.874. The van der Waals surface area contributed by atoms with Gasteiger partial charge in [0.1, 0.15) is 15.9 Å². The lowest BCUT2D eigenvalue weighted by molar-refractivity contribution is 0.169. The van der Waals surface area contributed by atoms with E-state index in [1.807, 2.05) is 0 Å². The van der Waals surface area contributed by atoms with Crippen LogP contribution in [0.2, 0.25) is 0 Å². The molecule has 0 bridgehead atoms. The maximum atomic E-state index is 13.1. The van der Waals surface area contributed by atoms with Gasteiger partial charge in [-0.15, -0.1) is 0 Å². The van der Waals surface area contributed by atoms with Crippen LogP contribution in [0.15, 0.2) is 23.1 Å². The van der Waals surface area contributed by atoms with Crippen molar-refractivity contribution in [3.05, 3.63) is 18.2 Å². The number of methoxy groups -OCH3 is 1. The van der Waals surface area contributed by atoms with Crippen LogP contribution in [0.4, 0.5) is 0 Å². The van der Waals surface area contributed by atoms with Crippen LogP contribution in [0.3, 0.4) is 0 Å². The Kier molecular flexibility index (Phi) is 4.98. The molecule has 1 atom stereocenters. The summed E-state index contributed by atoms with van der Waals surface area (Å²) in [5.74, 6) is 1.82. The Bertz CT molecular complexity index is 741. The van der Waals surface area contributed by atoms with E-state index in [0.717, 1.165) is 29.7 Å². The zero-order valence-corrected chi connectivity index (χ0v) is 14.6. The smallest absolute Gasteiger partial charge is 0.245 e. The standard InChI is InChI=1S/C13H17N3O3S3/c1-19-7-6-16(10-5-8-20-9-10)22(17,18)12-4-2-3-11-13(12)15-21-14-11/h2-4,10H,5-9H2,1H3/t10-/m1/s1. The summed E-state index contributed by atoms with van der Waals surface area (Å²) >= 11 is 2.82. The van der Waals surface area contributed by atoms with Crippen LogP contribution in [0.5, 0.6) is 0 Å². The molecule has 3 rings (SSSR count). The largest absolute Gasteiger partial charge is 0.383 e. The summed E-state index contributed by atoms with van der Waals surface area (Å²) in [5.41, 5.74) is 1.08. The number of nitrogens with zero attached hydrogens (tertiary/aromatic N) is 3. The molecule has 2 aromatic rings. The minimum Gasteiger partial charge on any atom is -0.383 e. The second-order valence-corrected chi connectivity index (χ2v) is 8.55. The SMILES string of the molecule is COCCN([C@@H]1CCSC1)S(=O)(=O)c1cccc2nsnc12. The molecule has 1 fully saturated rings. The van der Waals surface area contributed by atoms with E-state index < -0.39 is 10.0 Å². The van der Waals surface area contributed by atoms with Gasteiger partial charge in [0.15, 0.2) is 0 Å². The summed E-state index contributed by atoms with van der Waals surface area (Å²) < 4.78 is 41.2. The fourth-order valence-corrected chi connectivity index (χ4v) is 6.26. The molecule has 1 aliphatic heterocycles. The predicted molar refractivity (Wildman–Crippen MR) is 88.9 cm³/mol. The van der Waals surface area contributed by atoms with Gasteiger partial charge < -0.3 is 4.74 Å². The molecule has 0 aliphatic carbocycles. The molecule has 22 heavy (non-hydrogen) atoms. The Labute approximate surface area is 138 Å². The number of aromatic nitrogens is 2. The first-order valence-corrected chi connectivity index (χ1v) is 10.3. The van der Waals surface area contributed by atoms with Crippen molar-refractivity contribution >= 4 is 44.5 Å². The average Bonchev–Trinajstić information content (AvgIpc) is 3.18. The Morgan fingerprint density at radius 2 is 2.27 bits per heavy atom. The van der Waals surface area contributed by atoms with E-state index in [4.69, 9.17) is 4.74 Å². The van der Waals surface area contributed by atoms with Crippen LogP contribution in [0.25, 0.3) is 11.0 Å². The van der Waals surface area contributed by atoms with Gasteiger partial charge in [0, 0.05) is 25.4 Å². The predicted octanol–water partition coefficient (Wildman–Crippen LogP) is 1.83. The maximum Gasteiger partial charge on any atom is 0.245 e. The molecule has 0 unspecified atom stereocenters. The molecule has 0 amide bonds. The molecule has 9 heteroatoms. The van der Waals surface area contributed by atoms with E-state index in [0.29, 0.717) is 24.2 Å². The monoisotopic (exact) mass is 359 g/mol. The number of ether oxygens (including phenoxy) is 1. The summed E-state index contributed by atoms with van der Waals surface area (Å²) in [6, 6.07) is 5.13. The number of benzene rings is 1. The summed E-state index contributed by atoms with van der Waals surface area (Å²) in [6.45, 7) is 0.740. The average molecular weight is 359 g/mol. The molecule has 1 saturated heterocycles. The molecule has 1 aromatic carbocycles. The normalized spacial score (nSPS) is 19.3. The highest BCUT2D eigenvalue weighted by atomic mass is 32.2. The van der Waals surface area contributed by atoms with Crippen molar-refractivity contribution in [2.45, 2.75) is 17.4 Å². The summed E-state index contributed by atoms with van der Waals surface area (Å²) in [7, 11) is -2.03. The highest BCUT2D eigenvalue weighted by Gasteiger charge is 2.34. The zero-order chi connectivity index (χ0) is 15.6. The topological polar surface area (TPSA) is 72.4 Å². The fraction of sp³-hybridized carbons (Fsp3) is 0.538. The van der Waals surface area contributed by atoms with Gasteiger partial charge in [-0.1, -0.05) is 6.07 Å². The molecular weight excluding hydrogens is 342 g/mol. The third kappa shape index (κ3) is 3.00. The molecule has 0 saturated carbocycles. The lowest BCUT2D eigenvalue weighted by Gasteiger charge is -2.27. The van der Waals surface area contributed by atoms with Crippen molar-refractivity contribution in [1.82, 2.24) is 13.1 Å². The highest BCUT2D eigenvalue weighted by molar-refractivity contribution is 7.99. The minimum atomic E-state index is -3.61. The van der Waals surface area contributed by atoms with Crippen molar-refractivity contribution in [3.63, 3.8) is 0 Å². The molecule has 0 spiro atoms. The van der Waals surface area contributed by atoms with E-state index in [-0.39, 0.29) is 10.9 Å². The molecule has 120 valence electrons. The van der Waals surface area contributed by atoms with Crippen LogP contribution in [0.1, 0.15) is 6.42 Å². The third-order valence-corrected chi connectivity index (χ3v) is 7.34. The molecule has 2 heterocycles. The first-order valence-electron chi connectivity index (χ1n) is 6.94. The van der Waals surface area contributed by atoms with Crippen LogP contribution in [-0.2, 0) is 14.8 Å². The van der Waals surface area contributed by atoms with E-state index in [1.165, 1.54) is 0 Å². The van der Waals surface area contributed by atoms with Gasteiger partial charge in [0.25, 0.3) is 0 Å². The van der Waals surface area contributed by atoms with E-state index in [1.54, 1.807) is 41.4 Å². The highest BCUT2D eigenvalue weighted by Crippen LogP contribution is 2.30. The first kappa shape index (κ1) is 16.1. The van der Waals surface area contributed by atoms with Gasteiger partial charge in [-0.3, -0.25) is 0 Å². The van der Waals surface area contributed by atoms with Crippen molar-refractivity contribution < 1.29 is 13.2 Å². The van der Waals surface area contributed by atoms with Crippen LogP contribution < -0.4 is 0 Å². The van der Waals surface area contributed by atoms with Gasteiger partial charge in [-0.05, 0) is 24.3 Å². The Balaban J connectivity index is 2.02. The van der Waals surface area contributed by atoms with Crippen molar-refractivity contribution in [3.8, 4) is 0 Å². The quantitative estimate of drug-likeness (QED) is 0.784. The lowest BCUT2D eigenvalue weighted by atomic mass is 10.3. The van der Waals surface area contributed by atoms with Crippen LogP contribution >= 0.6 is 23.5 Å². The van der Waals surface area contributed by atoms with Crippen LogP contribution in [0, 0.1) is 0 Å². The van der Waals surface area contributed by atoms with Gasteiger partial charge in [0.2, 0.25) is 10.0 Å². The van der Waals surface area contributed by atoms with Gasteiger partial charge in [-0.25, -0.2) is 8.42 Å². The number of sulfonamides is 1. The molecule has 1 aliphatic rings. The fourth-order valence-electron chi connectivity index (χ4n) is 2.55. The van der Waals surface area contributed by atoms with Gasteiger partial charge >= 0.3 is 0 Å². The zero-order valence-electron chi connectivity index (χ0n) is 12.1. The number of thioether (sulfide) groups is 1. The Morgan fingerprint density at radius 1 is 1.41 bits per heavy atom. The number of rotatable bonds is 6. The van der Waals surface area contributed by atoms with Gasteiger partial charge in [-0.2, -0.15) is 24.8 Å². The molecule has 0 N–H and O–H groups in total. The second kappa shape index (κ2) is 6.79. The maximum absolute atomic E-state index is 13.1. The Hall–Kier alpha value is -0.740. The van der Waals surface area contributed by atoms with Crippen molar-refractivity contribution in [2.24, 2.45) is 0 Å². The number of fused-ring (bicyclic) bond motifs is 1. The van der Waals surface area contributed by atoms with E-state index in [9.17, 15) is 8.42 Å². The minimum absolute atomic E-state index is 0.0204. The third-order valence-electron chi connectivity index (χ3n) is 3.66. The molecule has 6 nitrogen and oxygen atoms in total. The van der Waals surface area contributed by atoms with E-state index >= 15 is 0 Å². The van der Waals surface area contributed by atoms with Crippen LogP contribution in [-0.4, -0.2) is 59.3 Å². The lowest BCUT2D eigenvalue weighted by Crippen LogP contribution is -2.42. The van der Waals surface area contributed by atoms with Crippen molar-refractivity contribution in [1.29, 1.82) is 0 Å². The summed E-state index contributed by atoms with van der Waals surface area (Å²) in [5, 5.41) is 0. The summed E-state index contributed by atoms with van der Waals surface area (Å²) in [4.78, 5) is 0.242.